The highest BCUT2D eigenvalue weighted by atomic mass is 32.2. The van der Waals surface area contributed by atoms with E-state index >= 15 is 0 Å². The molecule has 2 aliphatic heterocycles. The van der Waals surface area contributed by atoms with Crippen molar-refractivity contribution in [3.63, 3.8) is 0 Å². The number of β-lactam (4-membered cyclic amide) rings is 1. The third kappa shape index (κ3) is 2.94. The number of carboxylic acid groups (broad SMARTS) is 1. The fraction of sp³-hybridized carbons (Fsp3) is 0.235. The Morgan fingerprint density at radius 3 is 2.67 bits per heavy atom. The minimum Gasteiger partial charge on any atom is -0.477 e. The molecule has 2 heterocycles. The van der Waals surface area contributed by atoms with Gasteiger partial charge in [0.25, 0.3) is 5.91 Å². The van der Waals surface area contributed by atoms with Crippen LogP contribution in [0.5, 0.6) is 0 Å². The molecular weight excluding hydrogens is 328 g/mol. The van der Waals surface area contributed by atoms with Gasteiger partial charge < -0.3 is 10.4 Å². The second-order valence-electron chi connectivity index (χ2n) is 5.45. The monoisotopic (exact) mass is 344 g/mol. The minimum absolute atomic E-state index is 0.0505. The van der Waals surface area contributed by atoms with E-state index in [1.807, 2.05) is 30.3 Å². The topological polar surface area (TPSA) is 86.7 Å². The zero-order valence-electron chi connectivity index (χ0n) is 12.9. The molecule has 1 saturated heterocycles. The van der Waals surface area contributed by atoms with Crippen LogP contribution in [-0.4, -0.2) is 39.2 Å². The number of nitrogens with zero attached hydrogens (tertiary/aromatic N) is 1. The summed E-state index contributed by atoms with van der Waals surface area (Å²) in [5.74, 6) is -1.80. The van der Waals surface area contributed by atoms with Crippen molar-refractivity contribution in [3.05, 3.63) is 58.6 Å². The average Bonchev–Trinajstić information content (AvgIpc) is 2.59. The lowest BCUT2D eigenvalue weighted by atomic mass is 10.0. The third-order valence-corrected chi connectivity index (χ3v) is 5.22. The number of aliphatic carboxylic acids is 1. The Balaban J connectivity index is 1.71. The molecular formula is C17H16N2O4S. The van der Waals surface area contributed by atoms with E-state index in [1.165, 1.54) is 22.7 Å². The molecule has 0 spiro atoms. The first-order chi connectivity index (χ1) is 11.5. The van der Waals surface area contributed by atoms with Crippen LogP contribution in [0.25, 0.3) is 0 Å². The van der Waals surface area contributed by atoms with Gasteiger partial charge in [0.2, 0.25) is 5.91 Å². The van der Waals surface area contributed by atoms with Crippen molar-refractivity contribution in [1.29, 1.82) is 0 Å². The van der Waals surface area contributed by atoms with Gasteiger partial charge in [0, 0.05) is 4.91 Å². The molecule has 1 aromatic carbocycles. The molecule has 24 heavy (non-hydrogen) atoms. The Hall–Kier alpha value is -2.54. The first kappa shape index (κ1) is 16.3. The average molecular weight is 344 g/mol. The maximum Gasteiger partial charge on any atom is 0.352 e. The predicted octanol–water partition coefficient (Wildman–Crippen LogP) is 1.50. The zero-order valence-corrected chi connectivity index (χ0v) is 13.7. The number of rotatable bonds is 4. The van der Waals surface area contributed by atoms with Crippen LogP contribution >= 0.6 is 11.8 Å². The van der Waals surface area contributed by atoms with E-state index in [0.29, 0.717) is 0 Å². The molecule has 7 heteroatoms. The highest BCUT2D eigenvalue weighted by molar-refractivity contribution is 8.04. The van der Waals surface area contributed by atoms with E-state index in [1.54, 1.807) is 13.0 Å². The zero-order chi connectivity index (χ0) is 17.3. The summed E-state index contributed by atoms with van der Waals surface area (Å²) >= 11 is 1.37. The molecule has 0 radical (unpaired) electrons. The Morgan fingerprint density at radius 1 is 1.33 bits per heavy atom. The number of benzene rings is 1. The SMILES string of the molecule is CC=C1C=C(C(=O)O)N2C(=O)C(NC(=O)Cc3ccccc3)[C@H]2S1. The van der Waals surface area contributed by atoms with Crippen molar-refractivity contribution in [2.24, 2.45) is 0 Å². The van der Waals surface area contributed by atoms with Crippen LogP contribution in [0.15, 0.2) is 53.1 Å². The van der Waals surface area contributed by atoms with E-state index in [4.69, 9.17) is 0 Å². The van der Waals surface area contributed by atoms with E-state index in [-0.39, 0.29) is 18.0 Å². The van der Waals surface area contributed by atoms with Crippen LogP contribution in [0.4, 0.5) is 0 Å². The Kier molecular flexibility index (Phi) is 4.44. The summed E-state index contributed by atoms with van der Waals surface area (Å²) in [5.41, 5.74) is 0.806. The molecule has 1 unspecified atom stereocenters. The summed E-state index contributed by atoms with van der Waals surface area (Å²) in [6, 6.07) is 8.53. The Bertz CT molecular complexity index is 757. The number of carbonyl (C=O) groups excluding carboxylic acids is 2. The van der Waals surface area contributed by atoms with Gasteiger partial charge in [-0.05, 0) is 18.6 Å². The fourth-order valence-electron chi connectivity index (χ4n) is 2.67. The van der Waals surface area contributed by atoms with Crippen molar-refractivity contribution < 1.29 is 19.5 Å². The smallest absolute Gasteiger partial charge is 0.352 e. The lowest BCUT2D eigenvalue weighted by Crippen LogP contribution is -2.70. The normalized spacial score (nSPS) is 24.0. The van der Waals surface area contributed by atoms with Crippen molar-refractivity contribution >= 4 is 29.5 Å². The molecule has 6 nitrogen and oxygen atoms in total. The van der Waals surface area contributed by atoms with Gasteiger partial charge in [0.05, 0.1) is 6.42 Å². The van der Waals surface area contributed by atoms with Crippen molar-refractivity contribution in [2.75, 3.05) is 0 Å². The van der Waals surface area contributed by atoms with E-state index in [9.17, 15) is 19.5 Å². The Labute approximate surface area is 143 Å². The van der Waals surface area contributed by atoms with Gasteiger partial charge in [-0.1, -0.05) is 48.2 Å². The highest BCUT2D eigenvalue weighted by Gasteiger charge is 2.53. The maximum atomic E-state index is 12.3. The molecule has 0 aromatic heterocycles. The molecule has 3 rings (SSSR count). The minimum atomic E-state index is -1.15. The Morgan fingerprint density at radius 2 is 2.04 bits per heavy atom. The van der Waals surface area contributed by atoms with E-state index in [0.717, 1.165) is 10.5 Å². The summed E-state index contributed by atoms with van der Waals surface area (Å²) in [5, 5.41) is 11.6. The van der Waals surface area contributed by atoms with Crippen LogP contribution in [0, 0.1) is 0 Å². The number of thioether (sulfide) groups is 1. The second-order valence-corrected chi connectivity index (χ2v) is 6.64. The van der Waals surface area contributed by atoms with Gasteiger partial charge in [-0.15, -0.1) is 0 Å². The lowest BCUT2D eigenvalue weighted by molar-refractivity contribution is -0.150. The summed E-state index contributed by atoms with van der Waals surface area (Å²) in [6.45, 7) is 1.80. The largest absolute Gasteiger partial charge is 0.477 e. The highest BCUT2D eigenvalue weighted by Crippen LogP contribution is 2.42. The summed E-state index contributed by atoms with van der Waals surface area (Å²) in [7, 11) is 0. The second kappa shape index (κ2) is 6.52. The quantitative estimate of drug-likeness (QED) is 0.809. The molecule has 2 N–H and O–H groups in total. The van der Waals surface area contributed by atoms with Gasteiger partial charge in [-0.3, -0.25) is 14.5 Å². The molecule has 2 amide bonds. The molecule has 1 aromatic rings. The maximum absolute atomic E-state index is 12.3. The first-order valence-electron chi connectivity index (χ1n) is 7.45. The van der Waals surface area contributed by atoms with Crippen LogP contribution in [0.1, 0.15) is 12.5 Å². The molecule has 124 valence electrons. The number of carboxylic acids is 1. The van der Waals surface area contributed by atoms with Crippen molar-refractivity contribution in [1.82, 2.24) is 10.2 Å². The van der Waals surface area contributed by atoms with Crippen LogP contribution in [0.2, 0.25) is 0 Å². The number of nitrogens with one attached hydrogen (secondary N) is 1. The van der Waals surface area contributed by atoms with Crippen LogP contribution in [-0.2, 0) is 20.8 Å². The van der Waals surface area contributed by atoms with Gasteiger partial charge in [-0.2, -0.15) is 0 Å². The van der Waals surface area contributed by atoms with Gasteiger partial charge >= 0.3 is 5.97 Å². The van der Waals surface area contributed by atoms with Gasteiger partial charge in [-0.25, -0.2) is 4.79 Å². The number of carbonyl (C=O) groups is 3. The third-order valence-electron chi connectivity index (χ3n) is 3.87. The summed E-state index contributed by atoms with van der Waals surface area (Å²) in [4.78, 5) is 37.8. The van der Waals surface area contributed by atoms with E-state index in [2.05, 4.69) is 5.32 Å². The van der Waals surface area contributed by atoms with Crippen molar-refractivity contribution in [3.8, 4) is 0 Å². The van der Waals surface area contributed by atoms with Crippen molar-refractivity contribution in [2.45, 2.75) is 24.8 Å². The molecule has 0 aliphatic carbocycles. The predicted molar refractivity (Wildman–Crippen MR) is 89.8 cm³/mol. The number of hydrogen-bond donors (Lipinski definition) is 2. The molecule has 1 fully saturated rings. The lowest BCUT2D eigenvalue weighted by Gasteiger charge is -2.48. The van der Waals surface area contributed by atoms with E-state index < -0.39 is 23.3 Å². The summed E-state index contributed by atoms with van der Waals surface area (Å²) in [6.07, 6.45) is 3.44. The number of allylic oxidation sites excluding steroid dienone is 2. The molecule has 0 bridgehead atoms. The first-order valence-corrected chi connectivity index (χ1v) is 8.33. The number of fused-ring (bicyclic) bond motifs is 1. The number of amides is 2. The number of hydrogen-bond acceptors (Lipinski definition) is 4. The molecule has 2 atom stereocenters. The fourth-order valence-corrected chi connectivity index (χ4v) is 3.91. The molecule has 2 aliphatic rings. The van der Waals surface area contributed by atoms with Gasteiger partial charge in [0.1, 0.15) is 17.1 Å². The van der Waals surface area contributed by atoms with Crippen LogP contribution < -0.4 is 5.32 Å². The standard InChI is InChI=1S/C17H16N2O4S/c1-2-11-9-12(17(22)23)19-15(21)14(16(19)24-11)18-13(20)8-10-6-4-3-5-7-10/h2-7,9,14,16H,8H2,1H3,(H,18,20)(H,22,23)/t14?,16-/m1/s1. The van der Waals surface area contributed by atoms with Crippen LogP contribution in [0.3, 0.4) is 0 Å². The molecule has 0 saturated carbocycles. The van der Waals surface area contributed by atoms with Gasteiger partial charge in [0.15, 0.2) is 0 Å². The summed E-state index contributed by atoms with van der Waals surface area (Å²) < 4.78 is 0.